The number of hydrogen-bond donors (Lipinski definition) is 2. The molecular weight excluding hydrogens is 311 g/mol. The first kappa shape index (κ1) is 20.7. The fourth-order valence-electron chi connectivity index (χ4n) is 1.71. The Balaban J connectivity index is 0. The van der Waals surface area contributed by atoms with E-state index in [9.17, 15) is 4.79 Å². The van der Waals surface area contributed by atoms with Crippen LogP contribution in [-0.4, -0.2) is 48.5 Å². The van der Waals surface area contributed by atoms with Gasteiger partial charge in [0.05, 0.1) is 18.4 Å². The van der Waals surface area contributed by atoms with Gasteiger partial charge in [0.1, 0.15) is 0 Å². The third-order valence-electron chi connectivity index (χ3n) is 2.52. The van der Waals surface area contributed by atoms with Crippen LogP contribution >= 0.6 is 37.2 Å². The number of hydrogen-bond acceptors (Lipinski definition) is 4. The molecule has 110 valence electrons. The zero-order valence-corrected chi connectivity index (χ0v) is 12.8. The quantitative estimate of drug-likeness (QED) is 0.875. The van der Waals surface area contributed by atoms with E-state index in [1.54, 1.807) is 18.5 Å². The molecule has 1 aliphatic heterocycles. The highest BCUT2D eigenvalue weighted by molar-refractivity contribution is 5.92. The van der Waals surface area contributed by atoms with Crippen molar-refractivity contribution < 1.29 is 4.79 Å². The van der Waals surface area contributed by atoms with Crippen molar-refractivity contribution in [3.05, 3.63) is 24.5 Å². The molecule has 1 amide bonds. The van der Waals surface area contributed by atoms with Crippen LogP contribution in [0.5, 0.6) is 0 Å². The molecule has 2 heterocycles. The van der Waals surface area contributed by atoms with Gasteiger partial charge in [-0.3, -0.25) is 14.7 Å². The summed E-state index contributed by atoms with van der Waals surface area (Å²) in [7, 11) is 0. The Morgan fingerprint density at radius 1 is 1.32 bits per heavy atom. The van der Waals surface area contributed by atoms with E-state index in [0.717, 1.165) is 31.9 Å². The molecule has 8 heteroatoms. The standard InChI is InChI=1S/C11H16N4O.3ClH/c16-11(9-15-6-4-12-5-7-15)14-10-2-1-3-13-8-10;;;/h1-3,8,12H,4-7,9H2,(H,14,16);3*1H. The maximum atomic E-state index is 11.7. The third-order valence-corrected chi connectivity index (χ3v) is 2.52. The Bertz CT molecular complexity index is 347. The van der Waals surface area contributed by atoms with Crippen molar-refractivity contribution >= 4 is 48.8 Å². The van der Waals surface area contributed by atoms with E-state index >= 15 is 0 Å². The Labute approximate surface area is 131 Å². The van der Waals surface area contributed by atoms with E-state index < -0.39 is 0 Å². The maximum Gasteiger partial charge on any atom is 0.238 e. The number of piperazine rings is 1. The van der Waals surface area contributed by atoms with Crippen molar-refractivity contribution in [3.63, 3.8) is 0 Å². The van der Waals surface area contributed by atoms with Crippen LogP contribution in [0.4, 0.5) is 5.69 Å². The fraction of sp³-hybridized carbons (Fsp3) is 0.455. The lowest BCUT2D eigenvalue weighted by atomic mass is 10.3. The van der Waals surface area contributed by atoms with Crippen molar-refractivity contribution in [2.45, 2.75) is 0 Å². The average Bonchev–Trinajstić information content (AvgIpc) is 2.31. The first-order chi connectivity index (χ1) is 7.84. The van der Waals surface area contributed by atoms with Crippen molar-refractivity contribution in [1.29, 1.82) is 0 Å². The second-order valence-electron chi connectivity index (χ2n) is 3.82. The van der Waals surface area contributed by atoms with Gasteiger partial charge in [0, 0.05) is 32.4 Å². The van der Waals surface area contributed by atoms with Gasteiger partial charge in [-0.15, -0.1) is 37.2 Å². The molecule has 2 N–H and O–H groups in total. The highest BCUT2D eigenvalue weighted by Gasteiger charge is 2.13. The smallest absolute Gasteiger partial charge is 0.238 e. The molecule has 1 aromatic heterocycles. The number of halogens is 3. The van der Waals surface area contributed by atoms with Gasteiger partial charge in [-0.1, -0.05) is 0 Å². The molecule has 1 fully saturated rings. The molecule has 0 bridgehead atoms. The van der Waals surface area contributed by atoms with Gasteiger partial charge in [-0.25, -0.2) is 0 Å². The second kappa shape index (κ2) is 11.3. The minimum absolute atomic E-state index is 0. The number of aromatic nitrogens is 1. The van der Waals surface area contributed by atoms with E-state index in [1.807, 2.05) is 6.07 Å². The SMILES string of the molecule is Cl.Cl.Cl.O=C(CN1CCNCC1)Nc1cccnc1. The van der Waals surface area contributed by atoms with Gasteiger partial charge in [0.2, 0.25) is 5.91 Å². The van der Waals surface area contributed by atoms with Crippen LogP contribution in [-0.2, 0) is 4.79 Å². The number of carbonyl (C=O) groups excluding carboxylic acids is 1. The molecule has 0 unspecified atom stereocenters. The maximum absolute atomic E-state index is 11.7. The number of carbonyl (C=O) groups is 1. The molecular formula is C11H19Cl3N4O. The summed E-state index contributed by atoms with van der Waals surface area (Å²) in [6, 6.07) is 3.64. The van der Waals surface area contributed by atoms with E-state index in [4.69, 9.17) is 0 Å². The Hall–Kier alpha value is -0.590. The third kappa shape index (κ3) is 7.54. The summed E-state index contributed by atoms with van der Waals surface area (Å²) in [6.45, 7) is 4.23. The van der Waals surface area contributed by atoms with Gasteiger partial charge in [-0.2, -0.15) is 0 Å². The van der Waals surface area contributed by atoms with E-state index in [1.165, 1.54) is 0 Å². The Kier molecular flexibility index (Phi) is 12.3. The molecule has 0 aromatic carbocycles. The van der Waals surface area contributed by atoms with Crippen molar-refractivity contribution in [3.8, 4) is 0 Å². The molecule has 5 nitrogen and oxygen atoms in total. The van der Waals surface area contributed by atoms with Crippen LogP contribution in [0.3, 0.4) is 0 Å². The Morgan fingerprint density at radius 2 is 2.00 bits per heavy atom. The van der Waals surface area contributed by atoms with E-state index in [0.29, 0.717) is 6.54 Å². The van der Waals surface area contributed by atoms with Gasteiger partial charge in [0.15, 0.2) is 0 Å². The first-order valence-corrected chi connectivity index (χ1v) is 5.47. The molecule has 0 aliphatic carbocycles. The number of rotatable bonds is 3. The highest BCUT2D eigenvalue weighted by Crippen LogP contribution is 2.02. The molecule has 1 saturated heterocycles. The zero-order chi connectivity index (χ0) is 11.2. The van der Waals surface area contributed by atoms with Crippen LogP contribution in [0.15, 0.2) is 24.5 Å². The monoisotopic (exact) mass is 328 g/mol. The molecule has 19 heavy (non-hydrogen) atoms. The van der Waals surface area contributed by atoms with Crippen molar-refractivity contribution in [1.82, 2.24) is 15.2 Å². The minimum atomic E-state index is 0. The minimum Gasteiger partial charge on any atom is -0.324 e. The van der Waals surface area contributed by atoms with E-state index in [2.05, 4.69) is 20.5 Å². The molecule has 0 atom stereocenters. The summed E-state index contributed by atoms with van der Waals surface area (Å²) in [5, 5.41) is 6.08. The molecule has 0 spiro atoms. The molecule has 1 aromatic rings. The van der Waals surface area contributed by atoms with Crippen LogP contribution in [0.2, 0.25) is 0 Å². The number of amides is 1. The topological polar surface area (TPSA) is 57.3 Å². The van der Waals surface area contributed by atoms with E-state index in [-0.39, 0.29) is 43.1 Å². The lowest BCUT2D eigenvalue weighted by Gasteiger charge is -2.26. The molecule has 0 saturated carbocycles. The van der Waals surface area contributed by atoms with Crippen LogP contribution < -0.4 is 10.6 Å². The van der Waals surface area contributed by atoms with Gasteiger partial charge in [-0.05, 0) is 12.1 Å². The molecule has 1 aliphatic rings. The summed E-state index contributed by atoms with van der Waals surface area (Å²) < 4.78 is 0. The second-order valence-corrected chi connectivity index (χ2v) is 3.82. The lowest BCUT2D eigenvalue weighted by Crippen LogP contribution is -2.46. The normalized spacial score (nSPS) is 14.3. The molecule has 2 rings (SSSR count). The first-order valence-electron chi connectivity index (χ1n) is 5.47. The number of nitrogens with one attached hydrogen (secondary N) is 2. The zero-order valence-electron chi connectivity index (χ0n) is 10.4. The number of nitrogens with zero attached hydrogens (tertiary/aromatic N) is 2. The largest absolute Gasteiger partial charge is 0.324 e. The van der Waals surface area contributed by atoms with Crippen LogP contribution in [0.25, 0.3) is 0 Å². The van der Waals surface area contributed by atoms with Gasteiger partial charge >= 0.3 is 0 Å². The average molecular weight is 330 g/mol. The van der Waals surface area contributed by atoms with Crippen molar-refractivity contribution in [2.24, 2.45) is 0 Å². The van der Waals surface area contributed by atoms with Crippen LogP contribution in [0.1, 0.15) is 0 Å². The number of anilines is 1. The summed E-state index contributed by atoms with van der Waals surface area (Å²) in [5.41, 5.74) is 0.752. The summed E-state index contributed by atoms with van der Waals surface area (Å²) in [5.74, 6) is 0.0231. The van der Waals surface area contributed by atoms with Crippen LogP contribution in [0, 0.1) is 0 Å². The van der Waals surface area contributed by atoms with Gasteiger partial charge < -0.3 is 10.6 Å². The Morgan fingerprint density at radius 3 is 2.58 bits per heavy atom. The summed E-state index contributed by atoms with van der Waals surface area (Å²) >= 11 is 0. The predicted octanol–water partition coefficient (Wildman–Crippen LogP) is 1.19. The van der Waals surface area contributed by atoms with Crippen molar-refractivity contribution in [2.75, 3.05) is 38.0 Å². The summed E-state index contributed by atoms with van der Waals surface area (Å²) in [6.07, 6.45) is 3.33. The van der Waals surface area contributed by atoms with Gasteiger partial charge in [0.25, 0.3) is 0 Å². The molecule has 0 radical (unpaired) electrons. The highest BCUT2D eigenvalue weighted by atomic mass is 35.5. The fourth-order valence-corrected chi connectivity index (χ4v) is 1.71. The summed E-state index contributed by atoms with van der Waals surface area (Å²) in [4.78, 5) is 17.8. The lowest BCUT2D eigenvalue weighted by molar-refractivity contribution is -0.117. The predicted molar refractivity (Wildman–Crippen MR) is 83.9 cm³/mol. The number of pyridine rings is 1.